The van der Waals surface area contributed by atoms with E-state index in [-0.39, 0.29) is 11.3 Å². The summed E-state index contributed by atoms with van der Waals surface area (Å²) < 4.78 is 27.0. The molecular weight excluding hydrogens is 394 g/mol. The molecule has 0 atom stereocenters. The minimum atomic E-state index is -3.40. The highest BCUT2D eigenvalue weighted by Gasteiger charge is 2.31. The van der Waals surface area contributed by atoms with Crippen molar-refractivity contribution in [3.63, 3.8) is 0 Å². The Bertz CT molecular complexity index is 893. The van der Waals surface area contributed by atoms with E-state index in [4.69, 9.17) is 0 Å². The summed E-state index contributed by atoms with van der Waals surface area (Å²) in [5.74, 6) is -0.0481. The quantitative estimate of drug-likeness (QED) is 0.769. The van der Waals surface area contributed by atoms with Crippen LogP contribution in [0.2, 0.25) is 0 Å². The molecule has 1 aromatic heterocycles. The number of thiophene rings is 1. The van der Waals surface area contributed by atoms with Crippen LogP contribution >= 0.6 is 11.3 Å². The van der Waals surface area contributed by atoms with Crippen molar-refractivity contribution >= 4 is 33.0 Å². The van der Waals surface area contributed by atoms with Gasteiger partial charge in [0.25, 0.3) is 15.9 Å². The number of rotatable bonds is 5. The lowest BCUT2D eigenvalue weighted by Crippen LogP contribution is -3.15. The molecule has 0 saturated carbocycles. The maximum absolute atomic E-state index is 12.6. The van der Waals surface area contributed by atoms with Crippen molar-refractivity contribution in [1.82, 2.24) is 4.31 Å². The van der Waals surface area contributed by atoms with Crippen LogP contribution in [0.3, 0.4) is 0 Å². The molecule has 28 heavy (non-hydrogen) atoms. The Balaban J connectivity index is 1.50. The van der Waals surface area contributed by atoms with Gasteiger partial charge in [-0.05, 0) is 34.6 Å². The summed E-state index contributed by atoms with van der Waals surface area (Å²) in [5, 5.41) is 4.71. The molecule has 1 fully saturated rings. The van der Waals surface area contributed by atoms with Gasteiger partial charge in [-0.25, -0.2) is 8.42 Å². The largest absolute Gasteiger partial charge is 0.325 e. The van der Waals surface area contributed by atoms with Gasteiger partial charge in [0, 0.05) is 5.69 Å². The van der Waals surface area contributed by atoms with E-state index in [1.807, 2.05) is 24.3 Å². The molecule has 2 aromatic rings. The summed E-state index contributed by atoms with van der Waals surface area (Å²) in [6, 6.07) is 11.3. The number of quaternary nitrogens is 1. The van der Waals surface area contributed by atoms with Crippen LogP contribution in [0.5, 0.6) is 0 Å². The van der Waals surface area contributed by atoms with Gasteiger partial charge >= 0.3 is 0 Å². The van der Waals surface area contributed by atoms with Crippen LogP contribution < -0.4 is 10.2 Å². The fourth-order valence-corrected chi connectivity index (χ4v) is 5.83. The number of carbonyl (C=O) groups excluding carboxylic acids is 1. The molecule has 1 amide bonds. The highest BCUT2D eigenvalue weighted by Crippen LogP contribution is 2.23. The third-order valence-electron chi connectivity index (χ3n) is 4.96. The van der Waals surface area contributed by atoms with Gasteiger partial charge < -0.3 is 10.2 Å². The molecule has 0 spiro atoms. The maximum Gasteiger partial charge on any atom is 0.279 e. The van der Waals surface area contributed by atoms with Crippen LogP contribution in [-0.2, 0) is 20.2 Å². The van der Waals surface area contributed by atoms with Crippen molar-refractivity contribution in [3.05, 3.63) is 47.3 Å². The molecule has 0 bridgehead atoms. The van der Waals surface area contributed by atoms with E-state index in [2.05, 4.69) is 26.1 Å². The van der Waals surface area contributed by atoms with Crippen LogP contribution in [0.15, 0.2) is 46.0 Å². The van der Waals surface area contributed by atoms with Crippen molar-refractivity contribution < 1.29 is 18.1 Å². The molecule has 1 aliphatic heterocycles. The fourth-order valence-electron chi connectivity index (χ4n) is 3.24. The third-order valence-corrected chi connectivity index (χ3v) is 8.24. The molecule has 1 saturated heterocycles. The third kappa shape index (κ3) is 5.00. The van der Waals surface area contributed by atoms with Gasteiger partial charge in [-0.3, -0.25) is 4.79 Å². The van der Waals surface area contributed by atoms with Crippen LogP contribution in [-0.4, -0.2) is 51.4 Å². The Morgan fingerprint density at radius 3 is 2.32 bits per heavy atom. The number of piperazine rings is 1. The molecule has 0 aliphatic carbocycles. The minimum absolute atomic E-state index is 0.0481. The van der Waals surface area contributed by atoms with Gasteiger partial charge in [0.05, 0.1) is 26.2 Å². The molecular formula is C20H28N3O3S2+. The summed E-state index contributed by atoms with van der Waals surface area (Å²) in [7, 11) is -3.40. The highest BCUT2D eigenvalue weighted by atomic mass is 32.2. The van der Waals surface area contributed by atoms with E-state index >= 15 is 0 Å². The Morgan fingerprint density at radius 2 is 1.79 bits per heavy atom. The standard InChI is InChI=1S/C20H27N3O3S2/c1-20(2,3)16-6-8-17(9-7-16)21-18(24)15-22-10-12-23(13-11-22)28(25,26)19-5-4-14-27-19/h4-9,14H,10-13,15H2,1-3H3,(H,21,24)/p+1. The number of carbonyl (C=O) groups is 1. The number of sulfonamides is 1. The lowest BCUT2D eigenvalue weighted by molar-refractivity contribution is -0.895. The predicted octanol–water partition coefficient (Wildman–Crippen LogP) is 1.57. The van der Waals surface area contributed by atoms with Gasteiger partial charge in [-0.15, -0.1) is 11.3 Å². The first kappa shape index (κ1) is 21.0. The zero-order valence-electron chi connectivity index (χ0n) is 16.6. The molecule has 1 aromatic carbocycles. The molecule has 0 radical (unpaired) electrons. The molecule has 2 heterocycles. The lowest BCUT2D eigenvalue weighted by Gasteiger charge is -2.30. The van der Waals surface area contributed by atoms with Crippen LogP contribution in [0, 0.1) is 0 Å². The van der Waals surface area contributed by atoms with Gasteiger partial charge in [-0.1, -0.05) is 39.0 Å². The fraction of sp³-hybridized carbons (Fsp3) is 0.450. The molecule has 3 rings (SSSR count). The summed E-state index contributed by atoms with van der Waals surface area (Å²) in [6.45, 7) is 8.93. The highest BCUT2D eigenvalue weighted by molar-refractivity contribution is 7.91. The summed E-state index contributed by atoms with van der Waals surface area (Å²) in [4.78, 5) is 13.5. The number of hydrogen-bond acceptors (Lipinski definition) is 4. The number of amides is 1. The normalized spacial score (nSPS) is 16.8. The molecule has 2 N–H and O–H groups in total. The van der Waals surface area contributed by atoms with E-state index in [1.54, 1.807) is 17.5 Å². The zero-order valence-corrected chi connectivity index (χ0v) is 18.2. The SMILES string of the molecule is CC(C)(C)c1ccc(NC(=O)C[NH+]2CCN(S(=O)(=O)c3cccs3)CC2)cc1. The summed E-state index contributed by atoms with van der Waals surface area (Å²) in [6.07, 6.45) is 0. The average molecular weight is 423 g/mol. The minimum Gasteiger partial charge on any atom is -0.325 e. The zero-order chi connectivity index (χ0) is 20.4. The smallest absolute Gasteiger partial charge is 0.279 e. The topological polar surface area (TPSA) is 70.9 Å². The first-order valence-electron chi connectivity index (χ1n) is 9.44. The van der Waals surface area contributed by atoms with E-state index in [1.165, 1.54) is 21.2 Å². The van der Waals surface area contributed by atoms with Crippen LogP contribution in [0.1, 0.15) is 26.3 Å². The summed E-state index contributed by atoms with van der Waals surface area (Å²) in [5.41, 5.74) is 2.09. The number of anilines is 1. The predicted molar refractivity (Wildman–Crippen MR) is 112 cm³/mol. The second-order valence-electron chi connectivity index (χ2n) is 8.14. The van der Waals surface area contributed by atoms with Crippen molar-refractivity contribution in [3.8, 4) is 0 Å². The van der Waals surface area contributed by atoms with E-state index in [0.29, 0.717) is 36.9 Å². The molecule has 152 valence electrons. The van der Waals surface area contributed by atoms with Gasteiger partial charge in [0.1, 0.15) is 4.21 Å². The van der Waals surface area contributed by atoms with Crippen molar-refractivity contribution in [2.45, 2.75) is 30.4 Å². The Labute approximate surface area is 171 Å². The van der Waals surface area contributed by atoms with E-state index < -0.39 is 10.0 Å². The second kappa shape index (κ2) is 8.32. The molecule has 6 nitrogen and oxygen atoms in total. The van der Waals surface area contributed by atoms with Crippen molar-refractivity contribution in [1.29, 1.82) is 0 Å². The second-order valence-corrected chi connectivity index (χ2v) is 11.3. The van der Waals surface area contributed by atoms with Crippen molar-refractivity contribution in [2.24, 2.45) is 0 Å². The number of hydrogen-bond donors (Lipinski definition) is 2. The first-order valence-corrected chi connectivity index (χ1v) is 11.8. The number of nitrogens with one attached hydrogen (secondary N) is 2. The Morgan fingerprint density at radius 1 is 1.14 bits per heavy atom. The Hall–Kier alpha value is -1.74. The lowest BCUT2D eigenvalue weighted by atomic mass is 9.87. The molecule has 1 aliphatic rings. The monoisotopic (exact) mass is 422 g/mol. The first-order chi connectivity index (χ1) is 13.2. The molecule has 0 unspecified atom stereocenters. The number of benzene rings is 1. The van der Waals surface area contributed by atoms with Crippen LogP contribution in [0.25, 0.3) is 0 Å². The molecule has 8 heteroatoms. The van der Waals surface area contributed by atoms with E-state index in [0.717, 1.165) is 10.6 Å². The average Bonchev–Trinajstić information content (AvgIpc) is 3.17. The number of nitrogens with zero attached hydrogens (tertiary/aromatic N) is 1. The maximum atomic E-state index is 12.6. The van der Waals surface area contributed by atoms with Gasteiger partial charge in [-0.2, -0.15) is 4.31 Å². The summed E-state index contributed by atoms with van der Waals surface area (Å²) >= 11 is 1.24. The van der Waals surface area contributed by atoms with Crippen molar-refractivity contribution in [2.75, 3.05) is 38.0 Å². The van der Waals surface area contributed by atoms with E-state index in [9.17, 15) is 13.2 Å². The van der Waals surface area contributed by atoms with Gasteiger partial charge in [0.15, 0.2) is 6.54 Å². The van der Waals surface area contributed by atoms with Gasteiger partial charge in [0.2, 0.25) is 0 Å². The Kier molecular flexibility index (Phi) is 6.24. The van der Waals surface area contributed by atoms with Crippen LogP contribution in [0.4, 0.5) is 5.69 Å².